The van der Waals surface area contributed by atoms with Crippen LogP contribution in [0.5, 0.6) is 0 Å². The topological polar surface area (TPSA) is 38.5 Å². The average molecular weight is 212 g/mol. The quantitative estimate of drug-likeness (QED) is 0.751. The van der Waals surface area contributed by atoms with Gasteiger partial charge in [-0.25, -0.2) is 0 Å². The molecule has 2 fully saturated rings. The van der Waals surface area contributed by atoms with Crippen molar-refractivity contribution in [3.8, 4) is 0 Å². The standard InChI is InChI=1S/C12H24N2O/c1-9-8-11(13)5-6-14(9)10(2)12-4-3-7-15-12/h9-12H,3-8,13H2,1-2H3. The van der Waals surface area contributed by atoms with Crippen LogP contribution in [0.15, 0.2) is 0 Å². The number of ether oxygens (including phenoxy) is 1. The number of piperidine rings is 1. The SMILES string of the molecule is CC1CC(N)CCN1C(C)C1CCCO1. The summed E-state index contributed by atoms with van der Waals surface area (Å²) in [7, 11) is 0. The predicted octanol–water partition coefficient (Wildman–Crippen LogP) is 1.37. The van der Waals surface area contributed by atoms with Gasteiger partial charge in [0.15, 0.2) is 0 Å². The maximum absolute atomic E-state index is 5.98. The number of likely N-dealkylation sites (tertiary alicyclic amines) is 1. The van der Waals surface area contributed by atoms with Crippen molar-refractivity contribution in [2.45, 2.75) is 63.8 Å². The van der Waals surface area contributed by atoms with Crippen LogP contribution in [0.4, 0.5) is 0 Å². The third-order valence-corrected chi connectivity index (χ3v) is 3.99. The lowest BCUT2D eigenvalue weighted by atomic mass is 9.95. The molecule has 15 heavy (non-hydrogen) atoms. The van der Waals surface area contributed by atoms with E-state index in [9.17, 15) is 0 Å². The van der Waals surface area contributed by atoms with Crippen molar-refractivity contribution in [1.82, 2.24) is 4.90 Å². The minimum absolute atomic E-state index is 0.410. The van der Waals surface area contributed by atoms with Crippen molar-refractivity contribution in [3.63, 3.8) is 0 Å². The van der Waals surface area contributed by atoms with Crippen LogP contribution in [0, 0.1) is 0 Å². The van der Waals surface area contributed by atoms with Crippen molar-refractivity contribution in [3.05, 3.63) is 0 Å². The van der Waals surface area contributed by atoms with Gasteiger partial charge in [0.2, 0.25) is 0 Å². The van der Waals surface area contributed by atoms with E-state index in [4.69, 9.17) is 10.5 Å². The van der Waals surface area contributed by atoms with Crippen LogP contribution in [0.1, 0.15) is 39.5 Å². The Morgan fingerprint density at radius 2 is 2.20 bits per heavy atom. The zero-order chi connectivity index (χ0) is 10.8. The van der Waals surface area contributed by atoms with E-state index in [-0.39, 0.29) is 0 Å². The van der Waals surface area contributed by atoms with Crippen LogP contribution >= 0.6 is 0 Å². The molecule has 2 aliphatic rings. The first-order chi connectivity index (χ1) is 7.18. The third kappa shape index (κ3) is 2.52. The zero-order valence-corrected chi connectivity index (χ0v) is 9.98. The molecule has 0 aromatic carbocycles. The number of nitrogens with two attached hydrogens (primary N) is 1. The summed E-state index contributed by atoms with van der Waals surface area (Å²) < 4.78 is 5.77. The fourth-order valence-electron chi connectivity index (χ4n) is 3.03. The Kier molecular flexibility index (Phi) is 3.65. The molecular weight excluding hydrogens is 188 g/mol. The van der Waals surface area contributed by atoms with Gasteiger partial charge in [0.25, 0.3) is 0 Å². The van der Waals surface area contributed by atoms with Gasteiger partial charge in [-0.1, -0.05) is 0 Å². The van der Waals surface area contributed by atoms with E-state index in [0.29, 0.717) is 24.2 Å². The molecule has 2 heterocycles. The summed E-state index contributed by atoms with van der Waals surface area (Å²) in [5.41, 5.74) is 5.98. The van der Waals surface area contributed by atoms with Gasteiger partial charge in [0.1, 0.15) is 0 Å². The second kappa shape index (κ2) is 4.81. The smallest absolute Gasteiger partial charge is 0.0728 e. The van der Waals surface area contributed by atoms with E-state index >= 15 is 0 Å². The largest absolute Gasteiger partial charge is 0.377 e. The van der Waals surface area contributed by atoms with Crippen LogP contribution in [0.25, 0.3) is 0 Å². The van der Waals surface area contributed by atoms with Gasteiger partial charge in [0.05, 0.1) is 6.10 Å². The molecule has 0 spiro atoms. The lowest BCUT2D eigenvalue weighted by molar-refractivity contribution is 0.00129. The van der Waals surface area contributed by atoms with E-state index < -0.39 is 0 Å². The van der Waals surface area contributed by atoms with Crippen LogP contribution in [-0.2, 0) is 4.74 Å². The number of hydrogen-bond acceptors (Lipinski definition) is 3. The minimum Gasteiger partial charge on any atom is -0.377 e. The first-order valence-corrected chi connectivity index (χ1v) is 6.31. The van der Waals surface area contributed by atoms with Crippen LogP contribution < -0.4 is 5.73 Å². The highest BCUT2D eigenvalue weighted by Crippen LogP contribution is 2.25. The maximum Gasteiger partial charge on any atom is 0.0728 e. The maximum atomic E-state index is 5.98. The summed E-state index contributed by atoms with van der Waals surface area (Å²) in [6, 6.07) is 1.59. The Balaban J connectivity index is 1.91. The molecule has 2 N–H and O–H groups in total. The van der Waals surface area contributed by atoms with Crippen molar-refractivity contribution >= 4 is 0 Å². The van der Waals surface area contributed by atoms with Crippen LogP contribution in [-0.4, -0.2) is 42.3 Å². The van der Waals surface area contributed by atoms with Crippen molar-refractivity contribution < 1.29 is 4.74 Å². The first-order valence-electron chi connectivity index (χ1n) is 6.31. The van der Waals surface area contributed by atoms with E-state index in [1.165, 1.54) is 12.8 Å². The molecule has 0 bridgehead atoms. The van der Waals surface area contributed by atoms with Gasteiger partial charge < -0.3 is 10.5 Å². The Hall–Kier alpha value is -0.120. The molecule has 0 aromatic heterocycles. The van der Waals surface area contributed by atoms with E-state index in [1.807, 2.05) is 0 Å². The molecule has 2 aliphatic heterocycles. The lowest BCUT2D eigenvalue weighted by Crippen LogP contribution is -2.52. The van der Waals surface area contributed by atoms with Crippen molar-refractivity contribution in [2.24, 2.45) is 5.73 Å². The fraction of sp³-hybridized carbons (Fsp3) is 1.00. The molecule has 0 aliphatic carbocycles. The Morgan fingerprint density at radius 1 is 1.40 bits per heavy atom. The highest BCUT2D eigenvalue weighted by Gasteiger charge is 2.32. The molecule has 0 saturated carbocycles. The van der Waals surface area contributed by atoms with E-state index in [0.717, 1.165) is 26.0 Å². The van der Waals surface area contributed by atoms with Gasteiger partial charge in [-0.05, 0) is 39.5 Å². The molecule has 0 radical (unpaired) electrons. The van der Waals surface area contributed by atoms with Crippen molar-refractivity contribution in [2.75, 3.05) is 13.2 Å². The van der Waals surface area contributed by atoms with Gasteiger partial charge in [-0.3, -0.25) is 4.90 Å². The molecule has 3 nitrogen and oxygen atoms in total. The summed E-state index contributed by atoms with van der Waals surface area (Å²) in [5, 5.41) is 0. The number of rotatable bonds is 2. The lowest BCUT2D eigenvalue weighted by Gasteiger charge is -2.42. The molecule has 2 saturated heterocycles. The van der Waals surface area contributed by atoms with E-state index in [2.05, 4.69) is 18.7 Å². The van der Waals surface area contributed by atoms with Gasteiger partial charge >= 0.3 is 0 Å². The molecule has 2 rings (SSSR count). The molecule has 88 valence electrons. The zero-order valence-electron chi connectivity index (χ0n) is 9.98. The Morgan fingerprint density at radius 3 is 2.80 bits per heavy atom. The summed E-state index contributed by atoms with van der Waals surface area (Å²) >= 11 is 0. The molecule has 3 heteroatoms. The minimum atomic E-state index is 0.410. The second-order valence-electron chi connectivity index (χ2n) is 5.16. The summed E-state index contributed by atoms with van der Waals surface area (Å²) in [4.78, 5) is 2.58. The number of hydrogen-bond donors (Lipinski definition) is 1. The van der Waals surface area contributed by atoms with Crippen LogP contribution in [0.3, 0.4) is 0 Å². The summed E-state index contributed by atoms with van der Waals surface area (Å²) in [5.74, 6) is 0. The predicted molar refractivity (Wildman–Crippen MR) is 61.8 cm³/mol. The molecule has 4 atom stereocenters. The first kappa shape index (κ1) is 11.4. The summed E-state index contributed by atoms with van der Waals surface area (Å²) in [6.45, 7) is 6.70. The second-order valence-corrected chi connectivity index (χ2v) is 5.16. The fourth-order valence-corrected chi connectivity index (χ4v) is 3.03. The Labute approximate surface area is 93.0 Å². The summed E-state index contributed by atoms with van der Waals surface area (Å²) in [6.07, 6.45) is 5.20. The normalized spacial score (nSPS) is 40.6. The van der Waals surface area contributed by atoms with Crippen molar-refractivity contribution in [1.29, 1.82) is 0 Å². The highest BCUT2D eigenvalue weighted by molar-refractivity contribution is 4.88. The number of nitrogens with zero attached hydrogens (tertiary/aromatic N) is 1. The van der Waals surface area contributed by atoms with Gasteiger partial charge in [-0.15, -0.1) is 0 Å². The van der Waals surface area contributed by atoms with Crippen LogP contribution in [0.2, 0.25) is 0 Å². The third-order valence-electron chi connectivity index (χ3n) is 3.99. The van der Waals surface area contributed by atoms with E-state index in [1.54, 1.807) is 0 Å². The Bertz CT molecular complexity index is 204. The molecule has 0 amide bonds. The monoisotopic (exact) mass is 212 g/mol. The molecule has 0 aromatic rings. The average Bonchev–Trinajstić information content (AvgIpc) is 2.69. The van der Waals surface area contributed by atoms with Gasteiger partial charge in [0, 0.05) is 31.3 Å². The molecular formula is C12H24N2O. The highest BCUT2D eigenvalue weighted by atomic mass is 16.5. The molecule has 4 unspecified atom stereocenters. The van der Waals surface area contributed by atoms with Gasteiger partial charge in [-0.2, -0.15) is 0 Å².